The summed E-state index contributed by atoms with van der Waals surface area (Å²) in [4.78, 5) is 23.4. The van der Waals surface area contributed by atoms with Gasteiger partial charge in [0.25, 0.3) is 0 Å². The fraction of sp³-hybridized carbons (Fsp3) is 0.333. The van der Waals surface area contributed by atoms with E-state index in [4.69, 9.17) is 4.74 Å². The van der Waals surface area contributed by atoms with E-state index in [9.17, 15) is 19.1 Å². The standard InChI is InChI=1S/C21H23FN2O4/c22-18-12-15(8-9-19(18)23-13-16-5-3-11-28-16)24-20(25)10-7-14-4-1-2-6-17(14)21(26)27/h1-2,4,6,8-9,12,16,23H,3,5,7,10-11,13H2,(H,24,25)(H,26,27). The summed E-state index contributed by atoms with van der Waals surface area (Å²) in [5, 5.41) is 14.9. The third-order valence-corrected chi connectivity index (χ3v) is 4.67. The lowest BCUT2D eigenvalue weighted by Crippen LogP contribution is -2.19. The molecule has 0 aliphatic carbocycles. The molecule has 0 radical (unpaired) electrons. The third-order valence-electron chi connectivity index (χ3n) is 4.67. The minimum atomic E-state index is -1.02. The Hall–Kier alpha value is -2.93. The van der Waals surface area contributed by atoms with Crippen molar-refractivity contribution in [3.63, 3.8) is 0 Å². The maximum atomic E-state index is 14.2. The Morgan fingerprint density at radius 3 is 2.75 bits per heavy atom. The highest BCUT2D eigenvalue weighted by atomic mass is 19.1. The number of hydrogen-bond donors (Lipinski definition) is 3. The van der Waals surface area contributed by atoms with E-state index >= 15 is 0 Å². The largest absolute Gasteiger partial charge is 0.478 e. The fourth-order valence-electron chi connectivity index (χ4n) is 3.18. The Labute approximate surface area is 162 Å². The fourth-order valence-corrected chi connectivity index (χ4v) is 3.18. The van der Waals surface area contributed by atoms with Gasteiger partial charge in [0.15, 0.2) is 0 Å². The predicted octanol–water partition coefficient (Wildman–Crippen LogP) is 3.69. The topological polar surface area (TPSA) is 87.7 Å². The Kier molecular flexibility index (Phi) is 6.60. The number of carboxylic acid groups (broad SMARTS) is 1. The summed E-state index contributed by atoms with van der Waals surface area (Å²) < 4.78 is 19.7. The first-order valence-corrected chi connectivity index (χ1v) is 9.29. The van der Waals surface area contributed by atoms with Crippen molar-refractivity contribution in [2.75, 3.05) is 23.8 Å². The highest BCUT2D eigenvalue weighted by Crippen LogP contribution is 2.21. The van der Waals surface area contributed by atoms with Gasteiger partial charge in [0.05, 0.1) is 17.4 Å². The molecule has 0 spiro atoms. The first-order chi connectivity index (χ1) is 13.5. The number of benzene rings is 2. The number of ether oxygens (including phenoxy) is 1. The van der Waals surface area contributed by atoms with Gasteiger partial charge < -0.3 is 20.5 Å². The van der Waals surface area contributed by atoms with Crippen molar-refractivity contribution >= 4 is 23.3 Å². The number of nitrogens with one attached hydrogen (secondary N) is 2. The molecule has 1 heterocycles. The van der Waals surface area contributed by atoms with Gasteiger partial charge in [0.1, 0.15) is 5.82 Å². The lowest BCUT2D eigenvalue weighted by Gasteiger charge is -2.13. The van der Waals surface area contributed by atoms with Gasteiger partial charge in [0.2, 0.25) is 5.91 Å². The van der Waals surface area contributed by atoms with Crippen molar-refractivity contribution in [3.05, 3.63) is 59.4 Å². The second kappa shape index (κ2) is 9.32. The number of carboxylic acids is 1. The summed E-state index contributed by atoms with van der Waals surface area (Å²) in [5.74, 6) is -1.78. The molecule has 148 valence electrons. The van der Waals surface area contributed by atoms with Crippen LogP contribution in [0.4, 0.5) is 15.8 Å². The molecule has 1 fully saturated rings. The van der Waals surface area contributed by atoms with Crippen LogP contribution in [0.3, 0.4) is 0 Å². The first-order valence-electron chi connectivity index (χ1n) is 9.29. The quantitative estimate of drug-likeness (QED) is 0.644. The van der Waals surface area contributed by atoms with Crippen LogP contribution >= 0.6 is 0 Å². The normalized spacial score (nSPS) is 16.0. The molecule has 1 unspecified atom stereocenters. The summed E-state index contributed by atoms with van der Waals surface area (Å²) in [6.45, 7) is 1.29. The maximum absolute atomic E-state index is 14.2. The number of anilines is 2. The van der Waals surface area contributed by atoms with Gasteiger partial charge in [0, 0.05) is 25.3 Å². The van der Waals surface area contributed by atoms with Crippen LogP contribution in [0.5, 0.6) is 0 Å². The highest BCUT2D eigenvalue weighted by molar-refractivity contribution is 5.92. The zero-order chi connectivity index (χ0) is 19.9. The molecule has 3 N–H and O–H groups in total. The summed E-state index contributed by atoms with van der Waals surface area (Å²) in [6.07, 6.45) is 2.49. The van der Waals surface area contributed by atoms with E-state index in [-0.39, 0.29) is 30.4 Å². The summed E-state index contributed by atoms with van der Waals surface area (Å²) in [6, 6.07) is 11.0. The molecule has 0 aromatic heterocycles. The molecule has 6 nitrogen and oxygen atoms in total. The number of amides is 1. The highest BCUT2D eigenvalue weighted by Gasteiger charge is 2.16. The van der Waals surface area contributed by atoms with Crippen molar-refractivity contribution in [1.29, 1.82) is 0 Å². The summed E-state index contributed by atoms with van der Waals surface area (Å²) in [5.41, 5.74) is 1.49. The average molecular weight is 386 g/mol. The molecule has 1 amide bonds. The van der Waals surface area contributed by atoms with E-state index in [0.717, 1.165) is 19.4 Å². The number of rotatable bonds is 8. The molecule has 1 atom stereocenters. The molecule has 0 bridgehead atoms. The van der Waals surface area contributed by atoms with Gasteiger partial charge in [-0.3, -0.25) is 4.79 Å². The number of aromatic carboxylic acids is 1. The van der Waals surface area contributed by atoms with Gasteiger partial charge in [-0.1, -0.05) is 18.2 Å². The molecule has 7 heteroatoms. The van der Waals surface area contributed by atoms with Crippen LogP contribution in [0.1, 0.15) is 35.2 Å². The maximum Gasteiger partial charge on any atom is 0.335 e. The van der Waals surface area contributed by atoms with Crippen molar-refractivity contribution in [3.8, 4) is 0 Å². The Balaban J connectivity index is 1.52. The van der Waals surface area contributed by atoms with E-state index < -0.39 is 11.8 Å². The van der Waals surface area contributed by atoms with Crippen LogP contribution in [0.25, 0.3) is 0 Å². The molecule has 0 saturated carbocycles. The predicted molar refractivity (Wildman–Crippen MR) is 104 cm³/mol. The molecule has 1 aliphatic heterocycles. The van der Waals surface area contributed by atoms with E-state index in [2.05, 4.69) is 10.6 Å². The van der Waals surface area contributed by atoms with Gasteiger partial charge in [-0.15, -0.1) is 0 Å². The number of aryl methyl sites for hydroxylation is 1. The molecule has 28 heavy (non-hydrogen) atoms. The van der Waals surface area contributed by atoms with E-state index in [1.807, 2.05) is 0 Å². The van der Waals surface area contributed by atoms with Gasteiger partial charge >= 0.3 is 5.97 Å². The average Bonchev–Trinajstić information content (AvgIpc) is 3.19. The Bertz CT molecular complexity index is 850. The van der Waals surface area contributed by atoms with Gasteiger partial charge in [-0.25, -0.2) is 9.18 Å². The van der Waals surface area contributed by atoms with Crippen LogP contribution in [-0.4, -0.2) is 36.2 Å². The van der Waals surface area contributed by atoms with E-state index in [1.54, 1.807) is 30.3 Å². The Morgan fingerprint density at radius 2 is 2.04 bits per heavy atom. The van der Waals surface area contributed by atoms with Crippen molar-refractivity contribution in [1.82, 2.24) is 0 Å². The van der Waals surface area contributed by atoms with E-state index in [1.165, 1.54) is 12.1 Å². The molecule has 2 aromatic carbocycles. The summed E-state index contributed by atoms with van der Waals surface area (Å²) >= 11 is 0. The number of halogens is 1. The molecular formula is C21H23FN2O4. The van der Waals surface area contributed by atoms with Crippen LogP contribution < -0.4 is 10.6 Å². The van der Waals surface area contributed by atoms with Crippen LogP contribution in [0.2, 0.25) is 0 Å². The lowest BCUT2D eigenvalue weighted by atomic mass is 10.0. The summed E-state index contributed by atoms with van der Waals surface area (Å²) in [7, 11) is 0. The van der Waals surface area contributed by atoms with Crippen molar-refractivity contribution in [2.24, 2.45) is 0 Å². The third kappa shape index (κ3) is 5.29. The monoisotopic (exact) mass is 386 g/mol. The first kappa shape index (κ1) is 19.8. The minimum absolute atomic E-state index is 0.102. The molecular weight excluding hydrogens is 363 g/mol. The Morgan fingerprint density at radius 1 is 1.21 bits per heavy atom. The minimum Gasteiger partial charge on any atom is -0.478 e. The number of hydrogen-bond acceptors (Lipinski definition) is 4. The zero-order valence-electron chi connectivity index (χ0n) is 15.4. The molecule has 1 aliphatic rings. The van der Waals surface area contributed by atoms with Gasteiger partial charge in [-0.2, -0.15) is 0 Å². The molecule has 2 aromatic rings. The SMILES string of the molecule is O=C(CCc1ccccc1C(=O)O)Nc1ccc(NCC2CCCO2)c(F)c1. The second-order valence-electron chi connectivity index (χ2n) is 6.72. The van der Waals surface area contributed by atoms with Crippen LogP contribution in [0, 0.1) is 5.82 Å². The number of carbonyl (C=O) groups is 2. The van der Waals surface area contributed by atoms with Crippen molar-refractivity contribution < 1.29 is 23.8 Å². The second-order valence-corrected chi connectivity index (χ2v) is 6.72. The smallest absolute Gasteiger partial charge is 0.335 e. The van der Waals surface area contributed by atoms with E-state index in [0.29, 0.717) is 23.5 Å². The lowest BCUT2D eigenvalue weighted by molar-refractivity contribution is -0.116. The van der Waals surface area contributed by atoms with Crippen LogP contribution in [-0.2, 0) is 16.0 Å². The zero-order valence-corrected chi connectivity index (χ0v) is 15.4. The van der Waals surface area contributed by atoms with Gasteiger partial charge in [-0.05, 0) is 49.1 Å². The molecule has 3 rings (SSSR count). The number of carbonyl (C=O) groups excluding carboxylic acids is 1. The molecule has 1 saturated heterocycles. The van der Waals surface area contributed by atoms with Crippen molar-refractivity contribution in [2.45, 2.75) is 31.8 Å². The van der Waals surface area contributed by atoms with Crippen LogP contribution in [0.15, 0.2) is 42.5 Å².